The summed E-state index contributed by atoms with van der Waals surface area (Å²) in [5, 5.41) is 6.30. The Morgan fingerprint density at radius 1 is 1.22 bits per heavy atom. The van der Waals surface area contributed by atoms with Crippen molar-refractivity contribution in [2.75, 3.05) is 23.4 Å². The van der Waals surface area contributed by atoms with Gasteiger partial charge < -0.3 is 20.3 Å². The SMILES string of the molecule is CCOc1ccc(N2CC(NC(=O)Nc3ccc(Cl)cc3Cl)CC2=O)cc1. The Labute approximate surface area is 167 Å². The van der Waals surface area contributed by atoms with Crippen LogP contribution in [0.2, 0.25) is 10.0 Å². The van der Waals surface area contributed by atoms with Gasteiger partial charge in [-0.05, 0) is 49.4 Å². The summed E-state index contributed by atoms with van der Waals surface area (Å²) in [7, 11) is 0. The van der Waals surface area contributed by atoms with E-state index in [1.807, 2.05) is 31.2 Å². The highest BCUT2D eigenvalue weighted by atomic mass is 35.5. The molecule has 0 saturated carbocycles. The van der Waals surface area contributed by atoms with Crippen LogP contribution < -0.4 is 20.3 Å². The van der Waals surface area contributed by atoms with Gasteiger partial charge in [-0.1, -0.05) is 23.2 Å². The van der Waals surface area contributed by atoms with Crippen LogP contribution in [0, 0.1) is 0 Å². The van der Waals surface area contributed by atoms with E-state index in [0.717, 1.165) is 11.4 Å². The molecule has 0 spiro atoms. The Morgan fingerprint density at radius 3 is 2.63 bits per heavy atom. The molecule has 2 aromatic rings. The molecule has 1 fully saturated rings. The molecule has 1 aliphatic heterocycles. The highest BCUT2D eigenvalue weighted by molar-refractivity contribution is 6.36. The third-order valence-corrected chi connectivity index (χ3v) is 4.65. The number of ether oxygens (including phenoxy) is 1. The van der Waals surface area contributed by atoms with Gasteiger partial charge in [-0.15, -0.1) is 0 Å². The molecule has 3 rings (SSSR count). The lowest BCUT2D eigenvalue weighted by Gasteiger charge is -2.18. The number of halogens is 2. The molecule has 0 aromatic heterocycles. The van der Waals surface area contributed by atoms with Crippen molar-refractivity contribution in [1.82, 2.24) is 5.32 Å². The Kier molecular flexibility index (Phi) is 6.08. The fourth-order valence-corrected chi connectivity index (χ4v) is 3.33. The van der Waals surface area contributed by atoms with Crippen LogP contribution in [0.4, 0.5) is 16.2 Å². The maximum absolute atomic E-state index is 12.3. The maximum atomic E-state index is 12.3. The van der Waals surface area contributed by atoms with Gasteiger partial charge in [0.1, 0.15) is 5.75 Å². The molecule has 2 aromatic carbocycles. The monoisotopic (exact) mass is 407 g/mol. The molecular formula is C19H19Cl2N3O3. The molecule has 8 heteroatoms. The highest BCUT2D eigenvalue weighted by Gasteiger charge is 2.31. The number of rotatable bonds is 5. The van der Waals surface area contributed by atoms with Crippen LogP contribution in [0.3, 0.4) is 0 Å². The van der Waals surface area contributed by atoms with Crippen molar-refractivity contribution in [1.29, 1.82) is 0 Å². The Bertz CT molecular complexity index is 843. The highest BCUT2D eigenvalue weighted by Crippen LogP contribution is 2.26. The fourth-order valence-electron chi connectivity index (χ4n) is 2.88. The van der Waals surface area contributed by atoms with E-state index in [4.69, 9.17) is 27.9 Å². The van der Waals surface area contributed by atoms with Gasteiger partial charge >= 0.3 is 6.03 Å². The van der Waals surface area contributed by atoms with Crippen molar-refractivity contribution in [2.45, 2.75) is 19.4 Å². The van der Waals surface area contributed by atoms with E-state index in [9.17, 15) is 9.59 Å². The van der Waals surface area contributed by atoms with Crippen LogP contribution in [-0.4, -0.2) is 31.1 Å². The van der Waals surface area contributed by atoms with Crippen molar-refractivity contribution in [3.8, 4) is 5.75 Å². The Morgan fingerprint density at radius 2 is 1.96 bits per heavy atom. The molecule has 0 bridgehead atoms. The van der Waals surface area contributed by atoms with Gasteiger partial charge in [0, 0.05) is 23.7 Å². The third-order valence-electron chi connectivity index (χ3n) is 4.10. The number of nitrogens with one attached hydrogen (secondary N) is 2. The van der Waals surface area contributed by atoms with Gasteiger partial charge in [0.2, 0.25) is 5.91 Å². The summed E-state index contributed by atoms with van der Waals surface area (Å²) in [5.74, 6) is 0.704. The molecule has 27 heavy (non-hydrogen) atoms. The van der Waals surface area contributed by atoms with E-state index in [1.54, 1.807) is 23.1 Å². The second kappa shape index (κ2) is 8.50. The fraction of sp³-hybridized carbons (Fsp3) is 0.263. The van der Waals surface area contributed by atoms with E-state index in [-0.39, 0.29) is 18.4 Å². The largest absolute Gasteiger partial charge is 0.494 e. The van der Waals surface area contributed by atoms with E-state index >= 15 is 0 Å². The molecule has 1 unspecified atom stereocenters. The average Bonchev–Trinajstić information content (AvgIpc) is 2.98. The molecule has 1 saturated heterocycles. The first-order chi connectivity index (χ1) is 13.0. The number of anilines is 2. The van der Waals surface area contributed by atoms with Crippen molar-refractivity contribution in [2.24, 2.45) is 0 Å². The number of benzene rings is 2. The van der Waals surface area contributed by atoms with Crippen LogP contribution in [-0.2, 0) is 4.79 Å². The summed E-state index contributed by atoms with van der Waals surface area (Å²) in [5.41, 5.74) is 1.22. The van der Waals surface area contributed by atoms with E-state index < -0.39 is 6.03 Å². The van der Waals surface area contributed by atoms with Crippen molar-refractivity contribution >= 4 is 46.5 Å². The van der Waals surface area contributed by atoms with Gasteiger partial charge in [-0.25, -0.2) is 4.79 Å². The lowest BCUT2D eigenvalue weighted by Crippen LogP contribution is -2.39. The third kappa shape index (κ3) is 4.84. The molecule has 3 amide bonds. The molecule has 2 N–H and O–H groups in total. The van der Waals surface area contributed by atoms with Crippen LogP contribution in [0.15, 0.2) is 42.5 Å². The zero-order chi connectivity index (χ0) is 19.4. The van der Waals surface area contributed by atoms with Crippen LogP contribution in [0.1, 0.15) is 13.3 Å². The normalized spacial score (nSPS) is 16.3. The van der Waals surface area contributed by atoms with Gasteiger partial charge in [-0.2, -0.15) is 0 Å². The van der Waals surface area contributed by atoms with Crippen molar-refractivity contribution in [3.05, 3.63) is 52.5 Å². The first-order valence-corrected chi connectivity index (χ1v) is 9.27. The summed E-state index contributed by atoms with van der Waals surface area (Å²) >= 11 is 11.9. The smallest absolute Gasteiger partial charge is 0.319 e. The molecule has 0 aliphatic carbocycles. The second-order valence-electron chi connectivity index (χ2n) is 6.05. The number of hydrogen-bond acceptors (Lipinski definition) is 3. The van der Waals surface area contributed by atoms with Crippen LogP contribution in [0.5, 0.6) is 5.75 Å². The molecule has 142 valence electrons. The summed E-state index contributed by atoms with van der Waals surface area (Å²) in [4.78, 5) is 26.2. The number of carbonyl (C=O) groups excluding carboxylic acids is 2. The van der Waals surface area contributed by atoms with Crippen LogP contribution in [0.25, 0.3) is 0 Å². The minimum Gasteiger partial charge on any atom is -0.494 e. The number of hydrogen-bond donors (Lipinski definition) is 2. The van der Waals surface area contributed by atoms with Gasteiger partial charge in [-0.3, -0.25) is 4.79 Å². The summed E-state index contributed by atoms with van der Waals surface area (Å²) in [6.45, 7) is 2.89. The number of amides is 3. The zero-order valence-corrected chi connectivity index (χ0v) is 16.2. The molecule has 1 aliphatic rings. The summed E-state index contributed by atoms with van der Waals surface area (Å²) in [6, 6.07) is 11.4. The minimum absolute atomic E-state index is 0.0472. The lowest BCUT2D eigenvalue weighted by atomic mass is 10.2. The molecule has 1 heterocycles. The van der Waals surface area contributed by atoms with E-state index in [0.29, 0.717) is 28.9 Å². The standard InChI is InChI=1S/C19H19Cl2N3O3/c1-2-27-15-6-4-14(5-7-15)24-11-13(10-18(24)25)22-19(26)23-17-8-3-12(20)9-16(17)21/h3-9,13H,2,10-11H2,1H3,(H2,22,23,26). The van der Waals surface area contributed by atoms with Crippen LogP contribution >= 0.6 is 23.2 Å². The lowest BCUT2D eigenvalue weighted by molar-refractivity contribution is -0.117. The number of nitrogens with zero attached hydrogens (tertiary/aromatic N) is 1. The van der Waals surface area contributed by atoms with E-state index in [1.165, 1.54) is 0 Å². The Hall–Kier alpha value is -2.44. The topological polar surface area (TPSA) is 70.7 Å². The maximum Gasteiger partial charge on any atom is 0.319 e. The van der Waals surface area contributed by atoms with E-state index in [2.05, 4.69) is 10.6 Å². The van der Waals surface area contributed by atoms with Gasteiger partial charge in [0.15, 0.2) is 0 Å². The number of carbonyl (C=O) groups is 2. The summed E-state index contributed by atoms with van der Waals surface area (Å²) < 4.78 is 5.41. The first kappa shape index (κ1) is 19.3. The minimum atomic E-state index is -0.425. The molecule has 1 atom stereocenters. The number of urea groups is 1. The summed E-state index contributed by atoms with van der Waals surface area (Å²) in [6.07, 6.45) is 0.231. The predicted octanol–water partition coefficient (Wildman–Crippen LogP) is 4.32. The zero-order valence-electron chi connectivity index (χ0n) is 14.7. The average molecular weight is 408 g/mol. The van der Waals surface area contributed by atoms with Gasteiger partial charge in [0.05, 0.1) is 23.4 Å². The first-order valence-electron chi connectivity index (χ1n) is 8.52. The second-order valence-corrected chi connectivity index (χ2v) is 6.90. The van der Waals surface area contributed by atoms with Crippen molar-refractivity contribution in [3.63, 3.8) is 0 Å². The Balaban J connectivity index is 1.59. The predicted molar refractivity (Wildman–Crippen MR) is 107 cm³/mol. The molecular weight excluding hydrogens is 389 g/mol. The van der Waals surface area contributed by atoms with Crippen molar-refractivity contribution < 1.29 is 14.3 Å². The molecule has 0 radical (unpaired) electrons. The van der Waals surface area contributed by atoms with Gasteiger partial charge in [0.25, 0.3) is 0 Å². The quantitative estimate of drug-likeness (QED) is 0.774. The molecule has 6 nitrogen and oxygen atoms in total.